The van der Waals surface area contributed by atoms with Gasteiger partial charge < -0.3 is 0 Å². The Bertz CT molecular complexity index is 748. The van der Waals surface area contributed by atoms with E-state index in [1.807, 2.05) is 36.4 Å². The van der Waals surface area contributed by atoms with Crippen LogP contribution in [-0.2, 0) is 22.2 Å². The van der Waals surface area contributed by atoms with Crippen LogP contribution in [0.15, 0.2) is 53.4 Å². The molecule has 0 fully saturated rings. The maximum atomic E-state index is 12.2. The lowest BCUT2D eigenvalue weighted by molar-refractivity contribution is -0.113. The summed E-state index contributed by atoms with van der Waals surface area (Å²) < 4.78 is 11.2. The van der Waals surface area contributed by atoms with Crippen LogP contribution in [0.4, 0.5) is 0 Å². The van der Waals surface area contributed by atoms with Crippen LogP contribution in [-0.4, -0.2) is 9.99 Å². The number of nitrogens with two attached hydrogens (primary N) is 1. The average molecular weight is 297 g/mol. The highest BCUT2D eigenvalue weighted by atomic mass is 32.2. The summed E-state index contributed by atoms with van der Waals surface area (Å²) in [6.07, 6.45) is 3.24. The van der Waals surface area contributed by atoms with Gasteiger partial charge in [0.1, 0.15) is 11.0 Å². The fraction of sp³-hybridized carbons (Fsp3) is 0.118. The van der Waals surface area contributed by atoms with E-state index < -0.39 is 11.0 Å². The summed E-state index contributed by atoms with van der Waals surface area (Å²) in [4.78, 5) is 12.8. The number of hydrogen-bond donors (Lipinski definition) is 1. The van der Waals surface area contributed by atoms with Gasteiger partial charge in [-0.2, -0.15) is 0 Å². The molecule has 1 atom stereocenters. The minimum absolute atomic E-state index is 0.167. The molecule has 0 saturated heterocycles. The van der Waals surface area contributed by atoms with Crippen LogP contribution < -0.4 is 5.14 Å². The van der Waals surface area contributed by atoms with Crippen molar-refractivity contribution >= 4 is 28.4 Å². The van der Waals surface area contributed by atoms with Crippen molar-refractivity contribution in [2.75, 3.05) is 0 Å². The number of hydrogen-bond acceptors (Lipinski definition) is 2. The lowest BCUT2D eigenvalue weighted by atomic mass is 9.85. The SMILES string of the molecule is NS(=O)c1ccc(/C=C2/C(=O)CCc3ccccc32)cc1. The van der Waals surface area contributed by atoms with Crippen LogP contribution in [0.3, 0.4) is 0 Å². The molecule has 1 unspecified atom stereocenters. The first-order valence-electron chi connectivity index (χ1n) is 6.74. The fourth-order valence-electron chi connectivity index (χ4n) is 2.56. The van der Waals surface area contributed by atoms with Crippen molar-refractivity contribution in [1.82, 2.24) is 0 Å². The van der Waals surface area contributed by atoms with Gasteiger partial charge in [0.2, 0.25) is 0 Å². The predicted molar refractivity (Wildman–Crippen MR) is 84.7 cm³/mol. The number of rotatable bonds is 2. The average Bonchev–Trinajstić information content (AvgIpc) is 2.51. The summed E-state index contributed by atoms with van der Waals surface area (Å²) in [5.74, 6) is 0.167. The van der Waals surface area contributed by atoms with Gasteiger partial charge in [0.15, 0.2) is 5.78 Å². The van der Waals surface area contributed by atoms with Crippen molar-refractivity contribution in [3.05, 3.63) is 65.2 Å². The number of allylic oxidation sites excluding steroid dienone is 1. The Morgan fingerprint density at radius 2 is 1.71 bits per heavy atom. The van der Waals surface area contributed by atoms with Gasteiger partial charge >= 0.3 is 0 Å². The van der Waals surface area contributed by atoms with Crippen molar-refractivity contribution in [2.45, 2.75) is 17.7 Å². The van der Waals surface area contributed by atoms with Crippen LogP contribution in [0.5, 0.6) is 0 Å². The summed E-state index contributed by atoms with van der Waals surface area (Å²) >= 11 is 0. The van der Waals surface area contributed by atoms with Crippen molar-refractivity contribution in [3.63, 3.8) is 0 Å². The summed E-state index contributed by atoms with van der Waals surface area (Å²) in [6.45, 7) is 0. The second kappa shape index (κ2) is 5.76. The molecule has 0 spiro atoms. The van der Waals surface area contributed by atoms with E-state index in [9.17, 15) is 9.00 Å². The smallest absolute Gasteiger partial charge is 0.163 e. The third-order valence-electron chi connectivity index (χ3n) is 3.65. The number of carbonyl (C=O) groups is 1. The summed E-state index contributed by atoms with van der Waals surface area (Å²) in [7, 11) is -1.47. The van der Waals surface area contributed by atoms with Gasteiger partial charge in [-0.15, -0.1) is 0 Å². The largest absolute Gasteiger partial charge is 0.294 e. The second-order valence-electron chi connectivity index (χ2n) is 5.00. The summed E-state index contributed by atoms with van der Waals surface area (Å²) in [6, 6.07) is 15.1. The molecule has 0 radical (unpaired) electrons. The first-order valence-corrected chi connectivity index (χ1v) is 7.96. The standard InChI is InChI=1S/C17H15NO2S/c18-21(20)14-8-5-12(6-9-14)11-16-15-4-2-1-3-13(15)7-10-17(16)19/h1-6,8-9,11H,7,10,18H2/b16-11+. The van der Waals surface area contributed by atoms with Gasteiger partial charge in [0.05, 0.1) is 4.90 Å². The van der Waals surface area contributed by atoms with Gasteiger partial charge in [-0.05, 0) is 41.3 Å². The van der Waals surface area contributed by atoms with E-state index in [1.165, 1.54) is 5.56 Å². The Morgan fingerprint density at radius 1 is 1.00 bits per heavy atom. The van der Waals surface area contributed by atoms with Gasteiger partial charge in [0.25, 0.3) is 0 Å². The van der Waals surface area contributed by atoms with Gasteiger partial charge in [-0.3, -0.25) is 4.79 Å². The molecule has 0 saturated carbocycles. The van der Waals surface area contributed by atoms with Crippen molar-refractivity contribution < 1.29 is 9.00 Å². The fourth-order valence-corrected chi connectivity index (χ4v) is 2.96. The number of fused-ring (bicyclic) bond motifs is 1. The van der Waals surface area contributed by atoms with Crippen LogP contribution in [0, 0.1) is 0 Å². The normalized spacial score (nSPS) is 17.6. The van der Waals surface area contributed by atoms with Crippen molar-refractivity contribution in [3.8, 4) is 0 Å². The lowest BCUT2D eigenvalue weighted by Crippen LogP contribution is -2.12. The van der Waals surface area contributed by atoms with E-state index in [-0.39, 0.29) is 5.78 Å². The van der Waals surface area contributed by atoms with Crippen LogP contribution in [0.25, 0.3) is 11.6 Å². The Kier molecular flexibility index (Phi) is 3.82. The molecule has 0 aromatic heterocycles. The van der Waals surface area contributed by atoms with E-state index >= 15 is 0 Å². The highest BCUT2D eigenvalue weighted by Gasteiger charge is 2.20. The third kappa shape index (κ3) is 2.86. The number of ketones is 1. The van der Waals surface area contributed by atoms with E-state index in [0.717, 1.165) is 23.1 Å². The number of benzene rings is 2. The number of aryl methyl sites for hydroxylation is 1. The molecule has 0 heterocycles. The van der Waals surface area contributed by atoms with Crippen molar-refractivity contribution in [2.24, 2.45) is 5.14 Å². The second-order valence-corrected chi connectivity index (χ2v) is 6.07. The topological polar surface area (TPSA) is 60.2 Å². The van der Waals surface area contributed by atoms with E-state index in [1.54, 1.807) is 12.1 Å². The Balaban J connectivity index is 2.02. The maximum Gasteiger partial charge on any atom is 0.163 e. The molecule has 0 bridgehead atoms. The molecule has 3 nitrogen and oxygen atoms in total. The van der Waals surface area contributed by atoms with Crippen LogP contribution in [0.1, 0.15) is 23.1 Å². The predicted octanol–water partition coefficient (Wildman–Crippen LogP) is 2.72. The van der Waals surface area contributed by atoms with E-state index in [2.05, 4.69) is 6.07 Å². The monoisotopic (exact) mass is 297 g/mol. The highest BCUT2D eigenvalue weighted by molar-refractivity contribution is 7.82. The molecule has 0 aliphatic heterocycles. The summed E-state index contributed by atoms with van der Waals surface area (Å²) in [5.41, 5.74) is 3.88. The molecule has 1 aliphatic rings. The Labute approximate surface area is 126 Å². The molecular formula is C17H15NO2S. The highest BCUT2D eigenvalue weighted by Crippen LogP contribution is 2.29. The van der Waals surface area contributed by atoms with Crippen LogP contribution >= 0.6 is 0 Å². The molecule has 3 rings (SSSR count). The molecule has 106 valence electrons. The molecule has 2 N–H and O–H groups in total. The quantitative estimate of drug-likeness (QED) is 0.866. The number of Topliss-reactive ketones (excluding diaryl/α,β-unsaturated/α-hetero) is 1. The molecule has 1 aliphatic carbocycles. The van der Waals surface area contributed by atoms with Gasteiger partial charge in [-0.1, -0.05) is 36.4 Å². The molecule has 21 heavy (non-hydrogen) atoms. The minimum Gasteiger partial charge on any atom is -0.294 e. The maximum absolute atomic E-state index is 12.2. The molecule has 2 aromatic rings. The van der Waals surface area contributed by atoms with E-state index in [0.29, 0.717) is 11.3 Å². The lowest BCUT2D eigenvalue weighted by Gasteiger charge is -2.17. The van der Waals surface area contributed by atoms with Gasteiger partial charge in [0, 0.05) is 12.0 Å². The molecule has 2 aromatic carbocycles. The molecule has 4 heteroatoms. The van der Waals surface area contributed by atoms with Crippen molar-refractivity contribution in [1.29, 1.82) is 0 Å². The zero-order valence-electron chi connectivity index (χ0n) is 11.4. The first kappa shape index (κ1) is 13.9. The van der Waals surface area contributed by atoms with E-state index in [4.69, 9.17) is 5.14 Å². The van der Waals surface area contributed by atoms with Gasteiger partial charge in [-0.25, -0.2) is 9.35 Å². The third-order valence-corrected chi connectivity index (χ3v) is 4.39. The minimum atomic E-state index is -1.47. The first-order chi connectivity index (χ1) is 10.1. The zero-order chi connectivity index (χ0) is 14.8. The molecule has 0 amide bonds. The Hall–Kier alpha value is -2.04. The van der Waals surface area contributed by atoms with Crippen LogP contribution in [0.2, 0.25) is 0 Å². The number of carbonyl (C=O) groups excluding carboxylic acids is 1. The molecular weight excluding hydrogens is 282 g/mol. The Morgan fingerprint density at radius 3 is 2.43 bits per heavy atom. The zero-order valence-corrected chi connectivity index (χ0v) is 12.2. The summed E-state index contributed by atoms with van der Waals surface area (Å²) in [5, 5.41) is 5.34.